The normalized spacial score (nSPS) is 13.9. The van der Waals surface area contributed by atoms with Crippen LogP contribution in [-0.4, -0.2) is 15.1 Å². The van der Waals surface area contributed by atoms with Crippen molar-refractivity contribution in [3.8, 4) is 0 Å². The van der Waals surface area contributed by atoms with Crippen molar-refractivity contribution < 1.29 is 13.0 Å². The lowest BCUT2D eigenvalue weighted by molar-refractivity contribution is 0.493. The molecule has 0 amide bonds. The molecule has 5 unspecified atom stereocenters. The summed E-state index contributed by atoms with van der Waals surface area (Å²) in [6, 6.07) is 10.5. The van der Waals surface area contributed by atoms with E-state index in [4.69, 9.17) is 10.5 Å². The Morgan fingerprint density at radius 3 is 2.38 bits per heavy atom. The molecule has 0 saturated heterocycles. The van der Waals surface area contributed by atoms with Crippen LogP contribution in [0.25, 0.3) is 0 Å². The molecular weight excluding hydrogens is 413 g/mol. The lowest BCUT2D eigenvalue weighted by Crippen LogP contribution is -2.26. The number of halogens is 2. The number of hydrogen-bond acceptors (Lipinski definition) is 3. The SMILES string of the molecule is N=C(CC(Nc1ccc(S(N)=O)cc1)c1ccc(F)cc1P)C(F)(P)P. The summed E-state index contributed by atoms with van der Waals surface area (Å²) in [7, 11) is 4.83. The highest BCUT2D eigenvalue weighted by Crippen LogP contribution is 2.34. The van der Waals surface area contributed by atoms with Crippen molar-refractivity contribution in [1.82, 2.24) is 0 Å². The molecule has 0 aromatic heterocycles. The number of nitrogens with one attached hydrogen (secondary N) is 2. The van der Waals surface area contributed by atoms with Crippen LogP contribution in [0, 0.1) is 11.2 Å². The minimum absolute atomic E-state index is 0.0705. The molecule has 0 radical (unpaired) electrons. The molecule has 0 heterocycles. The Bertz CT molecular complexity index is 828. The molecule has 0 bridgehead atoms. The number of benzene rings is 2. The Morgan fingerprint density at radius 1 is 1.27 bits per heavy atom. The largest absolute Gasteiger partial charge is 0.378 e. The first kappa shape index (κ1) is 21.5. The predicted molar refractivity (Wildman–Crippen MR) is 115 cm³/mol. The number of alkyl halides is 1. The van der Waals surface area contributed by atoms with Crippen molar-refractivity contribution in [3.63, 3.8) is 0 Å². The van der Waals surface area contributed by atoms with Gasteiger partial charge in [0.05, 0.1) is 16.6 Å². The van der Waals surface area contributed by atoms with E-state index in [1.165, 1.54) is 12.1 Å². The highest BCUT2D eigenvalue weighted by molar-refractivity contribution is 7.82. The Balaban J connectivity index is 2.33. The number of rotatable bonds is 7. The van der Waals surface area contributed by atoms with E-state index in [1.54, 1.807) is 30.3 Å². The number of hydrogen-bond donors (Lipinski definition) is 3. The zero-order chi connectivity index (χ0) is 19.5. The van der Waals surface area contributed by atoms with Gasteiger partial charge in [-0.15, -0.1) is 9.24 Å². The van der Waals surface area contributed by atoms with Crippen molar-refractivity contribution in [2.24, 2.45) is 5.14 Å². The Hall–Kier alpha value is -0.830. The molecule has 2 aromatic rings. The summed E-state index contributed by atoms with van der Waals surface area (Å²) in [5, 5.41) is 15.3. The summed E-state index contributed by atoms with van der Waals surface area (Å²) >= 11 is 0. The Labute approximate surface area is 160 Å². The van der Waals surface area contributed by atoms with Crippen LogP contribution in [0.1, 0.15) is 18.0 Å². The molecule has 4 nitrogen and oxygen atoms in total. The highest BCUT2D eigenvalue weighted by atomic mass is 32.2. The van der Waals surface area contributed by atoms with Crippen LogP contribution in [-0.2, 0) is 11.0 Å². The highest BCUT2D eigenvalue weighted by Gasteiger charge is 2.27. The summed E-state index contributed by atoms with van der Waals surface area (Å²) in [6.07, 6.45) is 0.0705. The standard InChI is InChI=1S/C16H20F2N3OP3S/c17-9-1-6-12(14(23)7-9)13(8-15(19)16(18,24)25)21-10-2-4-11(5-3-10)26(20)22/h1-7,13,19,21H,8,20,23-25H2. The third-order valence-corrected chi connectivity index (χ3v) is 5.66. The zero-order valence-corrected chi connectivity index (χ0v) is 18.0. The van der Waals surface area contributed by atoms with Crippen LogP contribution in [0.15, 0.2) is 47.4 Å². The second kappa shape index (κ2) is 8.91. The molecular formula is C16H20F2N3OP3S. The summed E-state index contributed by atoms with van der Waals surface area (Å²) in [6.45, 7) is 0. The van der Waals surface area contributed by atoms with Gasteiger partial charge in [-0.2, -0.15) is 0 Å². The Kier molecular flexibility index (Phi) is 7.35. The predicted octanol–water partition coefficient (Wildman–Crippen LogP) is 3.24. The van der Waals surface area contributed by atoms with Gasteiger partial charge in [0.2, 0.25) is 0 Å². The van der Waals surface area contributed by atoms with Gasteiger partial charge in [-0.3, -0.25) is 0 Å². The number of nitrogens with two attached hydrogens (primary N) is 1. The molecule has 10 heteroatoms. The minimum atomic E-state index is -1.92. The van der Waals surface area contributed by atoms with Crippen LogP contribution < -0.4 is 15.8 Å². The first-order chi connectivity index (χ1) is 12.1. The average molecular weight is 433 g/mol. The lowest BCUT2D eigenvalue weighted by Gasteiger charge is -2.25. The van der Waals surface area contributed by atoms with E-state index >= 15 is 0 Å². The second-order valence-corrected chi connectivity index (χ2v) is 9.78. The molecule has 0 aliphatic heterocycles. The number of anilines is 1. The summed E-state index contributed by atoms with van der Waals surface area (Å²) in [4.78, 5) is 0.478. The van der Waals surface area contributed by atoms with Gasteiger partial charge in [-0.1, -0.05) is 24.5 Å². The van der Waals surface area contributed by atoms with E-state index < -0.39 is 22.2 Å². The maximum Gasteiger partial charge on any atom is 0.172 e. The quantitative estimate of drug-likeness (QED) is 0.463. The van der Waals surface area contributed by atoms with Gasteiger partial charge >= 0.3 is 0 Å². The first-order valence-corrected chi connectivity index (χ1v) is 10.4. The van der Waals surface area contributed by atoms with Gasteiger partial charge in [0, 0.05) is 12.1 Å². The third-order valence-electron chi connectivity index (χ3n) is 3.72. The molecule has 0 aliphatic rings. The molecule has 26 heavy (non-hydrogen) atoms. The molecule has 2 aromatic carbocycles. The molecule has 0 aliphatic carbocycles. The van der Waals surface area contributed by atoms with Gasteiger partial charge in [0.25, 0.3) is 0 Å². The second-order valence-electron chi connectivity index (χ2n) is 5.74. The van der Waals surface area contributed by atoms with Crippen LogP contribution in [0.4, 0.5) is 14.5 Å². The van der Waals surface area contributed by atoms with Gasteiger partial charge in [0.15, 0.2) is 5.15 Å². The monoisotopic (exact) mass is 433 g/mol. The maximum atomic E-state index is 14.1. The van der Waals surface area contributed by atoms with Crippen molar-refractivity contribution >= 4 is 55.4 Å². The summed E-state index contributed by atoms with van der Waals surface area (Å²) < 4.78 is 38.8. The average Bonchev–Trinajstić information content (AvgIpc) is 2.54. The fraction of sp³-hybridized carbons (Fsp3) is 0.188. The molecule has 4 N–H and O–H groups in total. The van der Waals surface area contributed by atoms with E-state index in [1.807, 2.05) is 18.5 Å². The van der Waals surface area contributed by atoms with Gasteiger partial charge in [-0.25, -0.2) is 18.1 Å². The van der Waals surface area contributed by atoms with Gasteiger partial charge in [0.1, 0.15) is 16.8 Å². The third kappa shape index (κ3) is 5.84. The molecule has 0 spiro atoms. The van der Waals surface area contributed by atoms with E-state index in [0.717, 1.165) is 5.56 Å². The van der Waals surface area contributed by atoms with Crippen LogP contribution >= 0.6 is 27.7 Å². The van der Waals surface area contributed by atoms with E-state index in [9.17, 15) is 13.0 Å². The summed E-state index contributed by atoms with van der Waals surface area (Å²) in [5.41, 5.74) is 1.27. The van der Waals surface area contributed by atoms with Crippen molar-refractivity contribution in [3.05, 3.63) is 53.8 Å². The van der Waals surface area contributed by atoms with Crippen LogP contribution in [0.3, 0.4) is 0 Å². The first-order valence-electron chi connectivity index (χ1n) is 7.50. The fourth-order valence-corrected chi connectivity index (χ4v) is 3.45. The van der Waals surface area contributed by atoms with Crippen molar-refractivity contribution in [2.45, 2.75) is 22.5 Å². The molecule has 0 saturated carbocycles. The summed E-state index contributed by atoms with van der Waals surface area (Å²) in [5.74, 6) is -0.376. The van der Waals surface area contributed by atoms with Gasteiger partial charge < -0.3 is 10.7 Å². The maximum absolute atomic E-state index is 14.1. The lowest BCUT2D eigenvalue weighted by atomic mass is 10.00. The van der Waals surface area contributed by atoms with E-state index in [2.05, 4.69) is 14.6 Å². The molecule has 5 atom stereocenters. The smallest absolute Gasteiger partial charge is 0.172 e. The topological polar surface area (TPSA) is 79.0 Å². The minimum Gasteiger partial charge on any atom is -0.378 e. The molecule has 140 valence electrons. The molecule has 2 rings (SSSR count). The zero-order valence-electron chi connectivity index (χ0n) is 13.7. The van der Waals surface area contributed by atoms with Crippen molar-refractivity contribution in [2.75, 3.05) is 5.32 Å². The van der Waals surface area contributed by atoms with Crippen molar-refractivity contribution in [1.29, 1.82) is 5.41 Å². The van der Waals surface area contributed by atoms with Crippen LogP contribution in [0.2, 0.25) is 0 Å². The van der Waals surface area contributed by atoms with E-state index in [-0.39, 0.29) is 17.9 Å². The van der Waals surface area contributed by atoms with Crippen LogP contribution in [0.5, 0.6) is 0 Å². The Morgan fingerprint density at radius 2 is 1.88 bits per heavy atom. The fourth-order valence-electron chi connectivity index (χ4n) is 2.35. The van der Waals surface area contributed by atoms with E-state index in [0.29, 0.717) is 15.9 Å². The van der Waals surface area contributed by atoms with Gasteiger partial charge in [-0.05, 0) is 47.3 Å². The molecule has 0 fully saturated rings.